The number of hydrogen-bond acceptors (Lipinski definition) is 1. The lowest BCUT2D eigenvalue weighted by atomic mass is 9.83. The first-order valence-corrected chi connectivity index (χ1v) is 14.5. The molecule has 42 heavy (non-hydrogen) atoms. The van der Waals surface area contributed by atoms with Crippen molar-refractivity contribution in [2.45, 2.75) is 0 Å². The zero-order valence-electron chi connectivity index (χ0n) is 22.9. The van der Waals surface area contributed by atoms with Crippen molar-refractivity contribution >= 4 is 53.9 Å². The predicted molar refractivity (Wildman–Crippen MR) is 179 cm³/mol. The molecule has 0 aliphatic carbocycles. The summed E-state index contributed by atoms with van der Waals surface area (Å²) in [5.74, 6) is 0. The van der Waals surface area contributed by atoms with Gasteiger partial charge in [-0.2, -0.15) is 0 Å². The maximum absolute atomic E-state index is 4.25. The Morgan fingerprint density at radius 2 is 0.786 bits per heavy atom. The lowest BCUT2D eigenvalue weighted by molar-refractivity contribution is 1.33. The quantitative estimate of drug-likeness (QED) is 0.163. The van der Waals surface area contributed by atoms with Crippen LogP contribution in [0.25, 0.3) is 87.2 Å². The Hall–Kier alpha value is -5.53. The minimum absolute atomic E-state index is 1.19. The molecule has 194 valence electrons. The molecule has 1 heteroatoms. The molecule has 1 heterocycles. The molecular formula is C41H25N. The zero-order valence-corrected chi connectivity index (χ0v) is 22.9. The largest absolute Gasteiger partial charge is 0.265 e. The van der Waals surface area contributed by atoms with Gasteiger partial charge in [0.25, 0.3) is 0 Å². The maximum Gasteiger partial charge on any atom is 0.0273 e. The summed E-state index contributed by atoms with van der Waals surface area (Å²) in [5.41, 5.74) is 7.55. The molecule has 0 bridgehead atoms. The molecule has 8 aromatic carbocycles. The lowest BCUT2D eigenvalue weighted by Gasteiger charge is -2.20. The first-order valence-electron chi connectivity index (χ1n) is 14.5. The van der Waals surface area contributed by atoms with Gasteiger partial charge in [0.1, 0.15) is 0 Å². The van der Waals surface area contributed by atoms with Gasteiger partial charge >= 0.3 is 0 Å². The summed E-state index contributed by atoms with van der Waals surface area (Å²) in [4.78, 5) is 4.25. The number of rotatable bonds is 3. The van der Waals surface area contributed by atoms with Gasteiger partial charge < -0.3 is 0 Å². The lowest BCUT2D eigenvalue weighted by Crippen LogP contribution is -1.93. The summed E-state index contributed by atoms with van der Waals surface area (Å²) in [7, 11) is 0. The molecule has 0 fully saturated rings. The van der Waals surface area contributed by atoms with Gasteiger partial charge in [-0.15, -0.1) is 0 Å². The molecule has 0 N–H and O–H groups in total. The first kappa shape index (κ1) is 23.2. The van der Waals surface area contributed by atoms with Crippen molar-refractivity contribution in [2.75, 3.05) is 0 Å². The highest BCUT2D eigenvalue weighted by Crippen LogP contribution is 2.47. The monoisotopic (exact) mass is 531 g/mol. The molecule has 0 amide bonds. The Balaban J connectivity index is 1.43. The van der Waals surface area contributed by atoms with Crippen LogP contribution in [0, 0.1) is 0 Å². The van der Waals surface area contributed by atoms with Crippen LogP contribution in [0.2, 0.25) is 0 Å². The SMILES string of the molecule is c1ccc(-c2c3ccccc3c(-c3ccc4ccc5c(-c6ccncc6)ccc6ccc3c4c65)c3ccccc23)cc1. The van der Waals surface area contributed by atoms with E-state index in [0.717, 1.165) is 0 Å². The molecule has 0 aliphatic rings. The molecule has 9 rings (SSSR count). The van der Waals surface area contributed by atoms with E-state index >= 15 is 0 Å². The second-order valence-corrected chi connectivity index (χ2v) is 11.1. The summed E-state index contributed by atoms with van der Waals surface area (Å²) in [6.07, 6.45) is 3.75. The molecule has 1 nitrogen and oxygen atoms in total. The third kappa shape index (κ3) is 3.28. The number of fused-ring (bicyclic) bond motifs is 2. The molecule has 0 aliphatic heterocycles. The molecule has 0 spiro atoms. The summed E-state index contributed by atoms with van der Waals surface area (Å²) in [6, 6.07) is 51.2. The third-order valence-electron chi connectivity index (χ3n) is 8.92. The van der Waals surface area contributed by atoms with Gasteiger partial charge in [0.2, 0.25) is 0 Å². The highest BCUT2D eigenvalue weighted by Gasteiger charge is 2.20. The third-order valence-corrected chi connectivity index (χ3v) is 8.92. The second kappa shape index (κ2) is 8.99. The Morgan fingerprint density at radius 1 is 0.310 bits per heavy atom. The van der Waals surface area contributed by atoms with Gasteiger partial charge in [0.15, 0.2) is 0 Å². The fourth-order valence-electron chi connectivity index (χ4n) is 7.14. The molecule has 0 radical (unpaired) electrons. The fraction of sp³-hybridized carbons (Fsp3) is 0. The molecule has 0 saturated heterocycles. The number of aromatic nitrogens is 1. The van der Waals surface area contributed by atoms with Crippen LogP contribution in [-0.4, -0.2) is 4.98 Å². The zero-order chi connectivity index (χ0) is 27.6. The van der Waals surface area contributed by atoms with Gasteiger partial charge in [-0.1, -0.05) is 127 Å². The highest BCUT2D eigenvalue weighted by atomic mass is 14.6. The predicted octanol–water partition coefficient (Wildman–Crippen LogP) is 11.3. The van der Waals surface area contributed by atoms with Crippen molar-refractivity contribution in [3.05, 3.63) is 152 Å². The molecule has 0 atom stereocenters. The summed E-state index contributed by atoms with van der Waals surface area (Å²) in [5, 5.41) is 12.9. The fourth-order valence-corrected chi connectivity index (χ4v) is 7.14. The van der Waals surface area contributed by atoms with E-state index in [1.807, 2.05) is 12.4 Å². The number of benzene rings is 8. The Kier molecular flexibility index (Phi) is 4.97. The highest BCUT2D eigenvalue weighted by molar-refractivity contribution is 6.30. The van der Waals surface area contributed by atoms with Crippen LogP contribution in [-0.2, 0) is 0 Å². The van der Waals surface area contributed by atoms with E-state index in [1.165, 1.54) is 87.2 Å². The number of nitrogens with zero attached hydrogens (tertiary/aromatic N) is 1. The molecular weight excluding hydrogens is 506 g/mol. The minimum Gasteiger partial charge on any atom is -0.265 e. The Morgan fingerprint density at radius 3 is 1.38 bits per heavy atom. The van der Waals surface area contributed by atoms with Crippen LogP contribution in [0.15, 0.2) is 152 Å². The van der Waals surface area contributed by atoms with Crippen molar-refractivity contribution in [3.8, 4) is 33.4 Å². The summed E-state index contributed by atoms with van der Waals surface area (Å²) in [6.45, 7) is 0. The van der Waals surface area contributed by atoms with E-state index in [2.05, 4.69) is 145 Å². The van der Waals surface area contributed by atoms with Crippen molar-refractivity contribution in [3.63, 3.8) is 0 Å². The van der Waals surface area contributed by atoms with E-state index in [9.17, 15) is 0 Å². The normalized spacial score (nSPS) is 11.8. The van der Waals surface area contributed by atoms with E-state index in [0.29, 0.717) is 0 Å². The van der Waals surface area contributed by atoms with Crippen molar-refractivity contribution in [1.29, 1.82) is 0 Å². The summed E-state index contributed by atoms with van der Waals surface area (Å²) < 4.78 is 0. The molecule has 9 aromatic rings. The van der Waals surface area contributed by atoms with E-state index in [-0.39, 0.29) is 0 Å². The first-order chi connectivity index (χ1) is 20.9. The van der Waals surface area contributed by atoms with Crippen molar-refractivity contribution in [1.82, 2.24) is 4.98 Å². The van der Waals surface area contributed by atoms with Gasteiger partial charge in [0, 0.05) is 12.4 Å². The second-order valence-electron chi connectivity index (χ2n) is 11.1. The molecule has 0 unspecified atom stereocenters. The van der Waals surface area contributed by atoms with Crippen LogP contribution in [0.1, 0.15) is 0 Å². The van der Waals surface area contributed by atoms with E-state index in [1.54, 1.807) is 0 Å². The Labute approximate surface area is 243 Å². The van der Waals surface area contributed by atoms with Crippen LogP contribution < -0.4 is 0 Å². The molecule has 1 aromatic heterocycles. The van der Waals surface area contributed by atoms with Gasteiger partial charge in [-0.05, 0) is 99.4 Å². The topological polar surface area (TPSA) is 12.9 Å². The van der Waals surface area contributed by atoms with Gasteiger partial charge in [0.05, 0.1) is 0 Å². The molecule has 0 saturated carbocycles. The van der Waals surface area contributed by atoms with E-state index in [4.69, 9.17) is 0 Å². The van der Waals surface area contributed by atoms with Gasteiger partial charge in [-0.3, -0.25) is 4.98 Å². The van der Waals surface area contributed by atoms with Gasteiger partial charge in [-0.25, -0.2) is 0 Å². The standard InChI is InChI=1S/C41H25N/c1-2-8-27(9-3-1)38-31-10-4-6-12-33(31)41(34-13-7-5-11-32(34)38)37-21-17-29-15-19-35-30(26-22-24-42-25-23-26)18-14-28-16-20-36(37)40(29)39(28)35/h1-25H. The summed E-state index contributed by atoms with van der Waals surface area (Å²) >= 11 is 0. The van der Waals surface area contributed by atoms with Crippen LogP contribution in [0.5, 0.6) is 0 Å². The van der Waals surface area contributed by atoms with Crippen molar-refractivity contribution < 1.29 is 0 Å². The smallest absolute Gasteiger partial charge is 0.0273 e. The minimum atomic E-state index is 1.19. The van der Waals surface area contributed by atoms with Crippen LogP contribution in [0.3, 0.4) is 0 Å². The Bertz CT molecular complexity index is 2380. The van der Waals surface area contributed by atoms with Crippen LogP contribution in [0.4, 0.5) is 0 Å². The number of pyridine rings is 1. The number of hydrogen-bond donors (Lipinski definition) is 0. The average molecular weight is 532 g/mol. The van der Waals surface area contributed by atoms with E-state index < -0.39 is 0 Å². The maximum atomic E-state index is 4.25. The van der Waals surface area contributed by atoms with Crippen molar-refractivity contribution in [2.24, 2.45) is 0 Å². The van der Waals surface area contributed by atoms with Crippen LogP contribution >= 0.6 is 0 Å². The average Bonchev–Trinajstić information content (AvgIpc) is 3.07.